The molecule has 0 aliphatic rings. The molecule has 0 aliphatic heterocycles. The van der Waals surface area contributed by atoms with Crippen molar-refractivity contribution < 1.29 is 4.79 Å². The number of ketones is 1. The van der Waals surface area contributed by atoms with Crippen LogP contribution in [0.25, 0.3) is 10.9 Å². The Labute approximate surface area is 110 Å². The summed E-state index contributed by atoms with van der Waals surface area (Å²) in [6.45, 7) is 4.07. The average molecular weight is 294 g/mol. The molecule has 2 nitrogen and oxygen atoms in total. The molecule has 0 bridgehead atoms. The number of aryl methyl sites for hydroxylation is 1. The van der Waals surface area contributed by atoms with Gasteiger partial charge < -0.3 is 4.98 Å². The van der Waals surface area contributed by atoms with E-state index >= 15 is 0 Å². The van der Waals surface area contributed by atoms with Gasteiger partial charge in [0.15, 0.2) is 0 Å². The molecule has 2 aromatic rings. The zero-order valence-electron chi connectivity index (χ0n) is 10.1. The van der Waals surface area contributed by atoms with Gasteiger partial charge >= 0.3 is 0 Å². The van der Waals surface area contributed by atoms with Gasteiger partial charge in [-0.2, -0.15) is 0 Å². The molecule has 1 N–H and O–H groups in total. The van der Waals surface area contributed by atoms with E-state index in [0.717, 1.165) is 11.9 Å². The number of fused-ring (bicyclic) bond motifs is 1. The third kappa shape index (κ3) is 2.60. The highest BCUT2D eigenvalue weighted by Crippen LogP contribution is 2.22. The number of H-pyrrole nitrogens is 1. The Balaban J connectivity index is 2.30. The van der Waals surface area contributed by atoms with Crippen LogP contribution in [0.4, 0.5) is 0 Å². The van der Waals surface area contributed by atoms with E-state index < -0.39 is 0 Å². The normalized spacial score (nSPS) is 12.9. The fourth-order valence-electron chi connectivity index (χ4n) is 2.04. The molecule has 0 fully saturated rings. The fraction of sp³-hybridized carbons (Fsp3) is 0.357. The van der Waals surface area contributed by atoms with Crippen LogP contribution in [0.15, 0.2) is 24.4 Å². The summed E-state index contributed by atoms with van der Waals surface area (Å²) in [6.07, 6.45) is 2.82. The minimum atomic E-state index is 0.0638. The molecule has 0 unspecified atom stereocenters. The standard InChI is InChI=1S/C14H16BrNO/c1-9-3-4-13-12(5-9)11(8-16-13)6-10(2)14(17)7-15/h3-5,8,10,16H,6-7H2,1-2H3/t10-/m0/s1. The maximum atomic E-state index is 11.6. The summed E-state index contributed by atoms with van der Waals surface area (Å²) >= 11 is 3.22. The van der Waals surface area contributed by atoms with Crippen molar-refractivity contribution in [1.29, 1.82) is 0 Å². The summed E-state index contributed by atoms with van der Waals surface area (Å²) in [6, 6.07) is 6.35. The van der Waals surface area contributed by atoms with Gasteiger partial charge in [-0.1, -0.05) is 34.5 Å². The van der Waals surface area contributed by atoms with Crippen LogP contribution in [-0.4, -0.2) is 16.1 Å². The monoisotopic (exact) mass is 293 g/mol. The average Bonchev–Trinajstić information content (AvgIpc) is 2.71. The van der Waals surface area contributed by atoms with Gasteiger partial charge in [-0.05, 0) is 31.0 Å². The Morgan fingerprint density at radius 1 is 1.47 bits per heavy atom. The number of carbonyl (C=O) groups is 1. The zero-order valence-corrected chi connectivity index (χ0v) is 11.7. The number of benzene rings is 1. The molecule has 3 heteroatoms. The Hall–Kier alpha value is -1.09. The molecule has 0 radical (unpaired) electrons. The predicted octanol–water partition coefficient (Wildman–Crippen LogP) is 3.62. The topological polar surface area (TPSA) is 32.9 Å². The summed E-state index contributed by atoms with van der Waals surface area (Å²) in [7, 11) is 0. The van der Waals surface area contributed by atoms with E-state index in [1.165, 1.54) is 16.5 Å². The van der Waals surface area contributed by atoms with Crippen LogP contribution in [0.5, 0.6) is 0 Å². The SMILES string of the molecule is Cc1ccc2[nH]cc(C[C@H](C)C(=O)CBr)c2c1. The van der Waals surface area contributed by atoms with Gasteiger partial charge in [0.2, 0.25) is 0 Å². The molecule has 1 heterocycles. The molecule has 1 aromatic carbocycles. The molecule has 1 atom stereocenters. The first-order valence-corrected chi connectivity index (χ1v) is 6.89. The summed E-state index contributed by atoms with van der Waals surface area (Å²) in [5.41, 5.74) is 3.62. The molecule has 1 aromatic heterocycles. The smallest absolute Gasteiger partial charge is 0.146 e. The van der Waals surface area contributed by atoms with Gasteiger partial charge in [0, 0.05) is 23.0 Å². The number of aromatic nitrogens is 1. The van der Waals surface area contributed by atoms with Crippen molar-refractivity contribution in [2.24, 2.45) is 5.92 Å². The van der Waals surface area contributed by atoms with E-state index in [4.69, 9.17) is 0 Å². The molecule has 90 valence electrons. The van der Waals surface area contributed by atoms with Gasteiger partial charge in [-0.15, -0.1) is 0 Å². The number of carbonyl (C=O) groups excluding carboxylic acids is 1. The van der Waals surface area contributed by atoms with Gasteiger partial charge in [-0.3, -0.25) is 4.79 Å². The molecule has 0 saturated heterocycles. The van der Waals surface area contributed by atoms with E-state index in [9.17, 15) is 4.79 Å². The number of rotatable bonds is 4. The molecule has 17 heavy (non-hydrogen) atoms. The molecular weight excluding hydrogens is 278 g/mol. The van der Waals surface area contributed by atoms with Gasteiger partial charge in [-0.25, -0.2) is 0 Å². The first kappa shape index (κ1) is 12.4. The molecular formula is C14H16BrNO. The Morgan fingerprint density at radius 2 is 2.24 bits per heavy atom. The Kier molecular flexibility index (Phi) is 3.67. The van der Waals surface area contributed by atoms with Crippen molar-refractivity contribution in [3.8, 4) is 0 Å². The maximum absolute atomic E-state index is 11.6. The van der Waals surface area contributed by atoms with Crippen LogP contribution < -0.4 is 0 Å². The molecule has 0 spiro atoms. The van der Waals surface area contributed by atoms with Crippen LogP contribution >= 0.6 is 15.9 Å². The highest BCUT2D eigenvalue weighted by atomic mass is 79.9. The second-order valence-corrected chi connectivity index (χ2v) is 5.13. The van der Waals surface area contributed by atoms with Crippen molar-refractivity contribution in [3.05, 3.63) is 35.5 Å². The van der Waals surface area contributed by atoms with E-state index in [-0.39, 0.29) is 11.7 Å². The minimum absolute atomic E-state index is 0.0638. The van der Waals surface area contributed by atoms with Crippen molar-refractivity contribution >= 4 is 32.6 Å². The van der Waals surface area contributed by atoms with Gasteiger partial charge in [0.05, 0.1) is 5.33 Å². The van der Waals surface area contributed by atoms with Crippen LogP contribution in [0, 0.1) is 12.8 Å². The van der Waals surface area contributed by atoms with Gasteiger partial charge in [0.1, 0.15) is 5.78 Å². The lowest BCUT2D eigenvalue weighted by Gasteiger charge is -2.07. The molecule has 0 saturated carbocycles. The second-order valence-electron chi connectivity index (χ2n) is 4.57. The maximum Gasteiger partial charge on any atom is 0.146 e. The zero-order chi connectivity index (χ0) is 12.4. The lowest BCUT2D eigenvalue weighted by molar-refractivity contribution is -0.119. The number of halogens is 1. The Morgan fingerprint density at radius 3 is 2.94 bits per heavy atom. The Bertz CT molecular complexity index is 544. The summed E-state index contributed by atoms with van der Waals surface area (Å²) in [5.74, 6) is 0.320. The number of alkyl halides is 1. The van der Waals surface area contributed by atoms with Crippen molar-refractivity contribution in [2.75, 3.05) is 5.33 Å². The summed E-state index contributed by atoms with van der Waals surface area (Å²) < 4.78 is 0. The number of hydrogen-bond acceptors (Lipinski definition) is 1. The van der Waals surface area contributed by atoms with Crippen molar-refractivity contribution in [3.63, 3.8) is 0 Å². The first-order valence-electron chi connectivity index (χ1n) is 5.77. The van der Waals surface area contributed by atoms with E-state index in [1.807, 2.05) is 13.1 Å². The number of Topliss-reactive ketones (excluding diaryl/α,β-unsaturated/α-hetero) is 1. The highest BCUT2D eigenvalue weighted by Gasteiger charge is 2.14. The van der Waals surface area contributed by atoms with Crippen LogP contribution in [0.3, 0.4) is 0 Å². The third-order valence-electron chi connectivity index (χ3n) is 3.13. The summed E-state index contributed by atoms with van der Waals surface area (Å²) in [4.78, 5) is 14.8. The van der Waals surface area contributed by atoms with E-state index in [0.29, 0.717) is 5.33 Å². The molecule has 0 amide bonds. The van der Waals surface area contributed by atoms with E-state index in [2.05, 4.69) is 46.0 Å². The lowest BCUT2D eigenvalue weighted by Crippen LogP contribution is -2.14. The van der Waals surface area contributed by atoms with Gasteiger partial charge in [0.25, 0.3) is 0 Å². The van der Waals surface area contributed by atoms with Crippen molar-refractivity contribution in [1.82, 2.24) is 4.98 Å². The predicted molar refractivity (Wildman–Crippen MR) is 74.7 cm³/mol. The number of nitrogens with one attached hydrogen (secondary N) is 1. The molecule has 2 rings (SSSR count). The first-order chi connectivity index (χ1) is 8.11. The summed E-state index contributed by atoms with van der Waals surface area (Å²) in [5, 5.41) is 1.68. The minimum Gasteiger partial charge on any atom is -0.361 e. The molecule has 0 aliphatic carbocycles. The number of hydrogen-bond donors (Lipinski definition) is 1. The second kappa shape index (κ2) is 5.05. The van der Waals surface area contributed by atoms with Crippen LogP contribution in [0.2, 0.25) is 0 Å². The van der Waals surface area contributed by atoms with Crippen LogP contribution in [0.1, 0.15) is 18.1 Å². The lowest BCUT2D eigenvalue weighted by atomic mass is 9.97. The fourth-order valence-corrected chi connectivity index (χ4v) is 2.59. The van der Waals surface area contributed by atoms with E-state index in [1.54, 1.807) is 0 Å². The quantitative estimate of drug-likeness (QED) is 0.858. The third-order valence-corrected chi connectivity index (χ3v) is 3.68. The van der Waals surface area contributed by atoms with Crippen LogP contribution in [-0.2, 0) is 11.2 Å². The highest BCUT2D eigenvalue weighted by molar-refractivity contribution is 9.09. The number of aromatic amines is 1. The van der Waals surface area contributed by atoms with Crippen molar-refractivity contribution in [2.45, 2.75) is 20.3 Å². The largest absolute Gasteiger partial charge is 0.361 e.